The highest BCUT2D eigenvalue weighted by Gasteiger charge is 2.30. The van der Waals surface area contributed by atoms with Crippen LogP contribution in [-0.2, 0) is 15.7 Å². The van der Waals surface area contributed by atoms with Crippen LogP contribution in [0.2, 0.25) is 0 Å². The molecule has 0 spiro atoms. The second-order valence-corrected chi connectivity index (χ2v) is 6.02. The summed E-state index contributed by atoms with van der Waals surface area (Å²) >= 11 is 2.04. The smallest absolute Gasteiger partial charge is 0.417 e. The molecule has 2 rings (SSSR count). The molecule has 1 heterocycles. The van der Waals surface area contributed by atoms with Gasteiger partial charge in [-0.3, -0.25) is 5.43 Å². The zero-order valence-corrected chi connectivity index (χ0v) is 15.5. The van der Waals surface area contributed by atoms with Crippen molar-refractivity contribution >= 4 is 40.6 Å². The fraction of sp³-hybridized carbons (Fsp3) is 0.188. The summed E-state index contributed by atoms with van der Waals surface area (Å²) in [6.07, 6.45) is -2.22. The molecule has 0 atom stereocenters. The number of alkyl halides is 3. The normalized spacial score (nSPS) is 11.4. The number of methoxy groups -OCH3 is 1. The maximum Gasteiger partial charge on any atom is 0.417 e. The summed E-state index contributed by atoms with van der Waals surface area (Å²) in [5.74, 6) is 0.215. The van der Waals surface area contributed by atoms with Crippen molar-refractivity contribution in [1.82, 2.24) is 4.98 Å². The van der Waals surface area contributed by atoms with Crippen LogP contribution in [0.15, 0.2) is 41.6 Å². The third kappa shape index (κ3) is 5.86. The number of nitrogens with zero attached hydrogens (tertiary/aromatic N) is 2. The number of rotatable bonds is 6. The minimum atomic E-state index is -4.43. The molecule has 1 N–H and O–H groups in total. The minimum absolute atomic E-state index is 0.182. The second-order valence-electron chi connectivity index (χ2n) is 4.85. The van der Waals surface area contributed by atoms with E-state index in [1.165, 1.54) is 19.4 Å². The SMILES string of the molecule is COC(=O)COc1ccc(/C=N\Nc2ccc(C(F)(F)F)cn2)cc1I. The number of halogens is 4. The Hall–Kier alpha value is -2.37. The third-order valence-corrected chi connectivity index (χ3v) is 3.86. The predicted octanol–water partition coefficient (Wildman–Crippen LogP) is 3.70. The molecule has 1 aromatic carbocycles. The van der Waals surface area contributed by atoms with E-state index in [1.54, 1.807) is 18.2 Å². The molecule has 2 aromatic rings. The fourth-order valence-electron chi connectivity index (χ4n) is 1.71. The third-order valence-electron chi connectivity index (χ3n) is 3.01. The van der Waals surface area contributed by atoms with E-state index < -0.39 is 17.7 Å². The molecule has 138 valence electrons. The first-order valence-corrected chi connectivity index (χ1v) is 8.19. The van der Waals surface area contributed by atoms with Crippen LogP contribution in [0.5, 0.6) is 5.75 Å². The number of hydrogen-bond donors (Lipinski definition) is 1. The number of carbonyl (C=O) groups excluding carboxylic acids is 1. The molecule has 0 aliphatic heterocycles. The Morgan fingerprint density at radius 3 is 2.69 bits per heavy atom. The van der Waals surface area contributed by atoms with Crippen molar-refractivity contribution < 1.29 is 27.4 Å². The lowest BCUT2D eigenvalue weighted by molar-refractivity contribution is -0.143. The van der Waals surface area contributed by atoms with Gasteiger partial charge in [0.15, 0.2) is 6.61 Å². The molecular weight excluding hydrogens is 466 g/mol. The zero-order chi connectivity index (χ0) is 19.2. The molecule has 0 unspecified atom stereocenters. The van der Waals surface area contributed by atoms with Crippen LogP contribution in [0.3, 0.4) is 0 Å². The number of pyridine rings is 1. The molecule has 0 saturated carbocycles. The number of benzene rings is 1. The van der Waals surface area contributed by atoms with E-state index in [2.05, 4.69) is 20.2 Å². The molecule has 26 heavy (non-hydrogen) atoms. The maximum atomic E-state index is 12.5. The van der Waals surface area contributed by atoms with E-state index in [4.69, 9.17) is 4.74 Å². The van der Waals surface area contributed by atoms with Gasteiger partial charge in [0, 0.05) is 6.20 Å². The van der Waals surface area contributed by atoms with E-state index >= 15 is 0 Å². The highest BCUT2D eigenvalue weighted by molar-refractivity contribution is 14.1. The van der Waals surface area contributed by atoms with Crippen LogP contribution in [-0.4, -0.2) is 30.9 Å². The first kappa shape index (κ1) is 19.9. The summed E-state index contributed by atoms with van der Waals surface area (Å²) in [6.45, 7) is -0.193. The lowest BCUT2D eigenvalue weighted by atomic mass is 10.2. The predicted molar refractivity (Wildman–Crippen MR) is 97.1 cm³/mol. The van der Waals surface area contributed by atoms with Crippen LogP contribution in [0.4, 0.5) is 19.0 Å². The van der Waals surface area contributed by atoms with Gasteiger partial charge in [-0.15, -0.1) is 0 Å². The average Bonchev–Trinajstić information content (AvgIpc) is 2.60. The monoisotopic (exact) mass is 479 g/mol. The van der Waals surface area contributed by atoms with E-state index in [0.29, 0.717) is 5.75 Å². The van der Waals surface area contributed by atoms with Crippen molar-refractivity contribution in [3.63, 3.8) is 0 Å². The van der Waals surface area contributed by atoms with Crippen LogP contribution >= 0.6 is 22.6 Å². The summed E-state index contributed by atoms with van der Waals surface area (Å²) in [5, 5.41) is 3.92. The Morgan fingerprint density at radius 2 is 2.12 bits per heavy atom. The van der Waals surface area contributed by atoms with Gasteiger partial charge in [0.2, 0.25) is 0 Å². The first-order chi connectivity index (χ1) is 12.3. The molecular formula is C16H13F3IN3O3. The van der Waals surface area contributed by atoms with Gasteiger partial charge in [0.1, 0.15) is 11.6 Å². The van der Waals surface area contributed by atoms with Gasteiger partial charge in [-0.1, -0.05) is 0 Å². The number of aromatic nitrogens is 1. The molecule has 0 aliphatic rings. The van der Waals surface area contributed by atoms with Gasteiger partial charge in [0.05, 0.1) is 22.5 Å². The fourth-order valence-corrected chi connectivity index (χ4v) is 2.41. The van der Waals surface area contributed by atoms with Gasteiger partial charge in [-0.2, -0.15) is 18.3 Å². The van der Waals surface area contributed by atoms with E-state index in [0.717, 1.165) is 21.4 Å². The number of hydrazone groups is 1. The molecule has 6 nitrogen and oxygen atoms in total. The number of anilines is 1. The van der Waals surface area contributed by atoms with Gasteiger partial charge < -0.3 is 9.47 Å². The number of carbonyl (C=O) groups is 1. The molecule has 0 bridgehead atoms. The highest BCUT2D eigenvalue weighted by Crippen LogP contribution is 2.28. The maximum absolute atomic E-state index is 12.5. The lowest BCUT2D eigenvalue weighted by Crippen LogP contribution is -2.13. The minimum Gasteiger partial charge on any atom is -0.481 e. The van der Waals surface area contributed by atoms with Gasteiger partial charge in [-0.25, -0.2) is 9.78 Å². The molecule has 0 saturated heterocycles. The molecule has 0 amide bonds. The molecule has 0 radical (unpaired) electrons. The van der Waals surface area contributed by atoms with Gasteiger partial charge >= 0.3 is 12.1 Å². The molecule has 0 fully saturated rings. The van der Waals surface area contributed by atoms with Crippen molar-refractivity contribution in [3.05, 3.63) is 51.2 Å². The van der Waals surface area contributed by atoms with Crippen LogP contribution in [0.1, 0.15) is 11.1 Å². The summed E-state index contributed by atoms with van der Waals surface area (Å²) in [5.41, 5.74) is 2.44. The van der Waals surface area contributed by atoms with Crippen molar-refractivity contribution in [1.29, 1.82) is 0 Å². The second kappa shape index (κ2) is 8.83. The Bertz CT molecular complexity index is 796. The standard InChI is InChI=1S/C16H13F3IN3O3/c1-25-15(24)9-26-13-4-2-10(6-12(13)20)7-22-23-14-5-3-11(8-21-14)16(17,18)19/h2-8H,9H2,1H3,(H,21,23)/b22-7-. The highest BCUT2D eigenvalue weighted by atomic mass is 127. The number of nitrogens with one attached hydrogen (secondary N) is 1. The van der Waals surface area contributed by atoms with E-state index in [1.807, 2.05) is 22.6 Å². The van der Waals surface area contributed by atoms with Gasteiger partial charge in [0.25, 0.3) is 0 Å². The summed E-state index contributed by atoms with van der Waals surface area (Å²) < 4.78 is 47.9. The van der Waals surface area contributed by atoms with E-state index in [9.17, 15) is 18.0 Å². The number of esters is 1. The van der Waals surface area contributed by atoms with Crippen molar-refractivity contribution in [2.45, 2.75) is 6.18 Å². The summed E-state index contributed by atoms with van der Waals surface area (Å²) in [7, 11) is 1.27. The first-order valence-electron chi connectivity index (χ1n) is 7.11. The Morgan fingerprint density at radius 1 is 1.35 bits per heavy atom. The van der Waals surface area contributed by atoms with Gasteiger partial charge in [-0.05, 0) is 58.5 Å². The van der Waals surface area contributed by atoms with Crippen LogP contribution < -0.4 is 10.2 Å². The molecule has 10 heteroatoms. The molecule has 0 aliphatic carbocycles. The topological polar surface area (TPSA) is 72.8 Å². The largest absolute Gasteiger partial charge is 0.481 e. The lowest BCUT2D eigenvalue weighted by Gasteiger charge is -2.07. The van der Waals surface area contributed by atoms with Crippen molar-refractivity contribution in [2.75, 3.05) is 19.1 Å². The van der Waals surface area contributed by atoms with E-state index in [-0.39, 0.29) is 12.4 Å². The number of ether oxygens (including phenoxy) is 2. The van der Waals surface area contributed by atoms with Crippen molar-refractivity contribution in [3.8, 4) is 5.75 Å². The number of hydrogen-bond acceptors (Lipinski definition) is 6. The van der Waals surface area contributed by atoms with Crippen LogP contribution in [0.25, 0.3) is 0 Å². The Labute approximate surface area is 160 Å². The average molecular weight is 479 g/mol. The Balaban J connectivity index is 1.96. The van der Waals surface area contributed by atoms with Crippen molar-refractivity contribution in [2.24, 2.45) is 5.10 Å². The summed E-state index contributed by atoms with van der Waals surface area (Å²) in [4.78, 5) is 14.7. The zero-order valence-electron chi connectivity index (χ0n) is 13.4. The van der Waals surface area contributed by atoms with Crippen LogP contribution in [0, 0.1) is 3.57 Å². The quantitative estimate of drug-likeness (QED) is 0.296. The Kier molecular flexibility index (Phi) is 6.77. The molecule has 1 aromatic heterocycles. The summed E-state index contributed by atoms with van der Waals surface area (Å²) in [6, 6.07) is 7.25.